The summed E-state index contributed by atoms with van der Waals surface area (Å²) < 4.78 is 5.40. The maximum absolute atomic E-state index is 5.72. The second kappa shape index (κ2) is 5.92. The van der Waals surface area contributed by atoms with Gasteiger partial charge in [-0.1, -0.05) is 0 Å². The lowest BCUT2D eigenvalue weighted by Crippen LogP contribution is -2.32. The molecule has 2 rings (SSSR count). The van der Waals surface area contributed by atoms with E-state index < -0.39 is 0 Å². The SMILES string of the molecule is CCN(CC1CCOCC1)c1ccc(N)cc1. The van der Waals surface area contributed by atoms with E-state index >= 15 is 0 Å². The van der Waals surface area contributed by atoms with Gasteiger partial charge in [0.1, 0.15) is 0 Å². The van der Waals surface area contributed by atoms with Crippen LogP contribution in [-0.2, 0) is 4.74 Å². The summed E-state index contributed by atoms with van der Waals surface area (Å²) in [5.74, 6) is 0.765. The van der Waals surface area contributed by atoms with E-state index in [9.17, 15) is 0 Å². The van der Waals surface area contributed by atoms with Crippen LogP contribution in [0, 0.1) is 5.92 Å². The fourth-order valence-electron chi connectivity index (χ4n) is 2.34. The van der Waals surface area contributed by atoms with E-state index in [2.05, 4.69) is 24.0 Å². The van der Waals surface area contributed by atoms with Gasteiger partial charge >= 0.3 is 0 Å². The van der Waals surface area contributed by atoms with Crippen molar-refractivity contribution in [2.24, 2.45) is 5.92 Å². The maximum atomic E-state index is 5.72. The van der Waals surface area contributed by atoms with E-state index in [-0.39, 0.29) is 0 Å². The molecular formula is C14H22N2O. The van der Waals surface area contributed by atoms with Gasteiger partial charge in [0.15, 0.2) is 0 Å². The van der Waals surface area contributed by atoms with Crippen LogP contribution in [0.25, 0.3) is 0 Å². The Bertz CT molecular complexity index is 331. The number of nitrogens with two attached hydrogens (primary N) is 1. The van der Waals surface area contributed by atoms with E-state index in [0.29, 0.717) is 0 Å². The molecule has 0 spiro atoms. The fraction of sp³-hybridized carbons (Fsp3) is 0.571. The average Bonchev–Trinajstić information content (AvgIpc) is 2.38. The zero-order chi connectivity index (χ0) is 12.1. The summed E-state index contributed by atoms with van der Waals surface area (Å²) in [5.41, 5.74) is 7.82. The fourth-order valence-corrected chi connectivity index (χ4v) is 2.34. The summed E-state index contributed by atoms with van der Waals surface area (Å²) in [7, 11) is 0. The van der Waals surface area contributed by atoms with E-state index in [1.165, 1.54) is 18.5 Å². The van der Waals surface area contributed by atoms with Gasteiger partial charge in [0.25, 0.3) is 0 Å². The highest BCUT2D eigenvalue weighted by atomic mass is 16.5. The first-order chi connectivity index (χ1) is 8.29. The summed E-state index contributed by atoms with van der Waals surface area (Å²) in [5, 5.41) is 0. The quantitative estimate of drug-likeness (QED) is 0.814. The van der Waals surface area contributed by atoms with Crippen molar-refractivity contribution in [3.8, 4) is 0 Å². The molecule has 0 amide bonds. The van der Waals surface area contributed by atoms with Gasteiger partial charge < -0.3 is 15.4 Å². The number of hydrogen-bond acceptors (Lipinski definition) is 3. The van der Waals surface area contributed by atoms with Gasteiger partial charge in [-0.15, -0.1) is 0 Å². The normalized spacial score (nSPS) is 17.0. The summed E-state index contributed by atoms with van der Waals surface area (Å²) in [6.07, 6.45) is 2.37. The zero-order valence-electron chi connectivity index (χ0n) is 10.6. The largest absolute Gasteiger partial charge is 0.399 e. The van der Waals surface area contributed by atoms with Gasteiger partial charge in [-0.05, 0) is 49.9 Å². The molecule has 17 heavy (non-hydrogen) atoms. The summed E-state index contributed by atoms with van der Waals surface area (Å²) >= 11 is 0. The molecule has 0 aromatic heterocycles. The second-order valence-electron chi connectivity index (χ2n) is 4.69. The number of ether oxygens (including phenoxy) is 1. The van der Waals surface area contributed by atoms with Crippen molar-refractivity contribution >= 4 is 11.4 Å². The highest BCUT2D eigenvalue weighted by Gasteiger charge is 2.17. The van der Waals surface area contributed by atoms with Crippen LogP contribution >= 0.6 is 0 Å². The Morgan fingerprint density at radius 3 is 2.47 bits per heavy atom. The lowest BCUT2D eigenvalue weighted by Gasteiger charge is -2.30. The number of rotatable bonds is 4. The second-order valence-corrected chi connectivity index (χ2v) is 4.69. The lowest BCUT2D eigenvalue weighted by atomic mass is 9.99. The molecular weight excluding hydrogens is 212 g/mol. The number of hydrogen-bond donors (Lipinski definition) is 1. The zero-order valence-corrected chi connectivity index (χ0v) is 10.6. The Morgan fingerprint density at radius 2 is 1.88 bits per heavy atom. The first-order valence-electron chi connectivity index (χ1n) is 6.48. The molecule has 3 nitrogen and oxygen atoms in total. The minimum absolute atomic E-state index is 0.765. The molecule has 3 heteroatoms. The molecule has 0 radical (unpaired) electrons. The Hall–Kier alpha value is -1.22. The van der Waals surface area contributed by atoms with Gasteiger partial charge in [-0.2, -0.15) is 0 Å². The summed E-state index contributed by atoms with van der Waals surface area (Å²) in [4.78, 5) is 2.43. The molecule has 94 valence electrons. The van der Waals surface area contributed by atoms with E-state index in [0.717, 1.165) is 37.9 Å². The first-order valence-corrected chi connectivity index (χ1v) is 6.48. The predicted molar refractivity (Wildman–Crippen MR) is 72.3 cm³/mol. The molecule has 0 unspecified atom stereocenters. The van der Waals surface area contributed by atoms with Crippen molar-refractivity contribution in [1.29, 1.82) is 0 Å². The van der Waals surface area contributed by atoms with Gasteiger partial charge in [0.05, 0.1) is 0 Å². The molecule has 0 saturated carbocycles. The maximum Gasteiger partial charge on any atom is 0.0469 e. The molecule has 1 heterocycles. The van der Waals surface area contributed by atoms with Crippen molar-refractivity contribution in [3.05, 3.63) is 24.3 Å². The van der Waals surface area contributed by atoms with Gasteiger partial charge in [-0.3, -0.25) is 0 Å². The predicted octanol–water partition coefficient (Wildman–Crippen LogP) is 2.52. The summed E-state index contributed by atoms with van der Waals surface area (Å²) in [6.45, 7) is 6.22. The van der Waals surface area contributed by atoms with Crippen molar-refractivity contribution in [1.82, 2.24) is 0 Å². The summed E-state index contributed by atoms with van der Waals surface area (Å²) in [6, 6.07) is 8.17. The number of nitrogen functional groups attached to an aromatic ring is 1. The van der Waals surface area contributed by atoms with Crippen LogP contribution < -0.4 is 10.6 Å². The Morgan fingerprint density at radius 1 is 1.24 bits per heavy atom. The Labute approximate surface area is 104 Å². The molecule has 1 fully saturated rings. The molecule has 2 N–H and O–H groups in total. The van der Waals surface area contributed by atoms with E-state index in [4.69, 9.17) is 10.5 Å². The standard InChI is InChI=1S/C14H22N2O/c1-2-16(11-12-7-9-17-10-8-12)14-5-3-13(15)4-6-14/h3-6,12H,2,7-11,15H2,1H3. The van der Waals surface area contributed by atoms with Crippen molar-refractivity contribution in [2.45, 2.75) is 19.8 Å². The van der Waals surface area contributed by atoms with Crippen LogP contribution in [0.15, 0.2) is 24.3 Å². The monoisotopic (exact) mass is 234 g/mol. The average molecular weight is 234 g/mol. The van der Waals surface area contributed by atoms with Gasteiger partial charge in [-0.25, -0.2) is 0 Å². The van der Waals surface area contributed by atoms with Gasteiger partial charge in [0, 0.05) is 37.7 Å². The van der Waals surface area contributed by atoms with E-state index in [1.807, 2.05) is 12.1 Å². The molecule has 1 aromatic carbocycles. The van der Waals surface area contributed by atoms with Crippen LogP contribution in [0.1, 0.15) is 19.8 Å². The van der Waals surface area contributed by atoms with Crippen LogP contribution in [0.3, 0.4) is 0 Å². The number of benzene rings is 1. The van der Waals surface area contributed by atoms with Crippen molar-refractivity contribution < 1.29 is 4.74 Å². The van der Waals surface area contributed by atoms with Gasteiger partial charge in [0.2, 0.25) is 0 Å². The first kappa shape index (κ1) is 12.2. The smallest absolute Gasteiger partial charge is 0.0469 e. The molecule has 0 atom stereocenters. The third kappa shape index (κ3) is 3.37. The minimum Gasteiger partial charge on any atom is -0.399 e. The van der Waals surface area contributed by atoms with E-state index in [1.54, 1.807) is 0 Å². The van der Waals surface area contributed by atoms with Crippen LogP contribution in [0.5, 0.6) is 0 Å². The van der Waals surface area contributed by atoms with Crippen LogP contribution in [0.4, 0.5) is 11.4 Å². The number of nitrogens with zero attached hydrogens (tertiary/aromatic N) is 1. The molecule has 1 saturated heterocycles. The van der Waals surface area contributed by atoms with Crippen LogP contribution in [0.2, 0.25) is 0 Å². The highest BCUT2D eigenvalue weighted by molar-refractivity contribution is 5.53. The topological polar surface area (TPSA) is 38.5 Å². The molecule has 0 bridgehead atoms. The lowest BCUT2D eigenvalue weighted by molar-refractivity contribution is 0.0683. The third-order valence-corrected chi connectivity index (χ3v) is 3.46. The van der Waals surface area contributed by atoms with Crippen molar-refractivity contribution in [3.63, 3.8) is 0 Å². The molecule has 0 aliphatic carbocycles. The van der Waals surface area contributed by atoms with Crippen LogP contribution in [-0.4, -0.2) is 26.3 Å². The molecule has 1 aromatic rings. The highest BCUT2D eigenvalue weighted by Crippen LogP contribution is 2.21. The third-order valence-electron chi connectivity index (χ3n) is 3.46. The Balaban J connectivity index is 1.97. The number of anilines is 2. The Kier molecular flexibility index (Phi) is 4.26. The minimum atomic E-state index is 0.765. The molecule has 1 aliphatic heterocycles. The van der Waals surface area contributed by atoms with Crippen molar-refractivity contribution in [2.75, 3.05) is 36.9 Å². The molecule has 1 aliphatic rings.